The fraction of sp³-hybridized carbons (Fsp3) is 0.294. The molecule has 0 amide bonds. The maximum absolute atomic E-state index is 11.8. The van der Waals surface area contributed by atoms with E-state index in [9.17, 15) is 4.79 Å². The number of carbonyl (C=O) groups excluding carboxylic acids is 1. The third-order valence-corrected chi connectivity index (χ3v) is 3.36. The summed E-state index contributed by atoms with van der Waals surface area (Å²) in [5.74, 6) is 1.48. The van der Waals surface area contributed by atoms with E-state index in [4.69, 9.17) is 13.9 Å². The van der Waals surface area contributed by atoms with Crippen LogP contribution in [0.15, 0.2) is 46.0 Å². The fourth-order valence-electron chi connectivity index (χ4n) is 2.12. The van der Waals surface area contributed by atoms with Gasteiger partial charge in [-0.25, -0.2) is 4.79 Å². The zero-order chi connectivity index (χ0) is 17.4. The molecule has 0 aliphatic carbocycles. The summed E-state index contributed by atoms with van der Waals surface area (Å²) in [6.45, 7) is 1.02. The van der Waals surface area contributed by atoms with Gasteiger partial charge < -0.3 is 24.5 Å². The quantitative estimate of drug-likeness (QED) is 0.478. The second kappa shape index (κ2) is 8.61. The summed E-state index contributed by atoms with van der Waals surface area (Å²) in [6, 6.07) is 9.06. The highest BCUT2D eigenvalue weighted by Crippen LogP contribution is 2.20. The number of ether oxygens (including phenoxy) is 2. The van der Waals surface area contributed by atoms with Crippen molar-refractivity contribution in [2.45, 2.75) is 13.1 Å². The second-order valence-electron chi connectivity index (χ2n) is 4.88. The second-order valence-corrected chi connectivity index (χ2v) is 4.88. The third-order valence-electron chi connectivity index (χ3n) is 3.36. The summed E-state index contributed by atoms with van der Waals surface area (Å²) in [7, 11) is 4.54. The normalized spacial score (nSPS) is 11.0. The summed E-state index contributed by atoms with van der Waals surface area (Å²) in [4.78, 5) is 16.0. The number of rotatable bonds is 6. The summed E-state index contributed by atoms with van der Waals surface area (Å²) < 4.78 is 15.2. The van der Waals surface area contributed by atoms with Gasteiger partial charge in [-0.15, -0.1) is 0 Å². The van der Waals surface area contributed by atoms with Gasteiger partial charge in [-0.2, -0.15) is 0 Å². The highest BCUT2D eigenvalue weighted by atomic mass is 16.5. The molecule has 2 aromatic rings. The Balaban J connectivity index is 1.98. The number of nitrogens with zero attached hydrogens (tertiary/aromatic N) is 1. The minimum atomic E-state index is -0.436. The van der Waals surface area contributed by atoms with E-state index in [0.29, 0.717) is 30.4 Å². The lowest BCUT2D eigenvalue weighted by Gasteiger charge is -2.13. The number of carbonyl (C=O) groups is 1. The number of hydrogen-bond donors (Lipinski definition) is 2. The van der Waals surface area contributed by atoms with Gasteiger partial charge in [0.25, 0.3) is 0 Å². The minimum absolute atomic E-state index is 0.387. The minimum Gasteiger partial charge on any atom is -0.496 e. The molecule has 0 aliphatic rings. The summed E-state index contributed by atoms with van der Waals surface area (Å²) in [5, 5.41) is 6.32. The van der Waals surface area contributed by atoms with Crippen LogP contribution in [0.3, 0.4) is 0 Å². The van der Waals surface area contributed by atoms with Crippen LogP contribution in [-0.4, -0.2) is 33.2 Å². The molecule has 0 saturated heterocycles. The van der Waals surface area contributed by atoms with E-state index < -0.39 is 5.97 Å². The molecule has 2 N–H and O–H groups in total. The first-order chi connectivity index (χ1) is 11.7. The summed E-state index contributed by atoms with van der Waals surface area (Å²) >= 11 is 0. The van der Waals surface area contributed by atoms with E-state index >= 15 is 0 Å². The van der Waals surface area contributed by atoms with Gasteiger partial charge in [0.2, 0.25) is 0 Å². The average Bonchev–Trinajstić information content (AvgIpc) is 3.14. The van der Waals surface area contributed by atoms with Crippen LogP contribution in [0, 0.1) is 0 Å². The van der Waals surface area contributed by atoms with E-state index in [0.717, 1.165) is 11.3 Å². The molecule has 7 nitrogen and oxygen atoms in total. The first-order valence-corrected chi connectivity index (χ1v) is 7.40. The smallest absolute Gasteiger partial charge is 0.341 e. The molecule has 1 heterocycles. The van der Waals surface area contributed by atoms with Gasteiger partial charge in [-0.3, -0.25) is 4.99 Å². The first-order valence-electron chi connectivity index (χ1n) is 7.40. The van der Waals surface area contributed by atoms with Crippen LogP contribution in [0.5, 0.6) is 5.75 Å². The van der Waals surface area contributed by atoms with E-state index in [1.165, 1.54) is 14.2 Å². The van der Waals surface area contributed by atoms with Crippen LogP contribution < -0.4 is 15.4 Å². The van der Waals surface area contributed by atoms with Gasteiger partial charge in [0.15, 0.2) is 5.96 Å². The van der Waals surface area contributed by atoms with Crippen molar-refractivity contribution < 1.29 is 18.7 Å². The number of furan rings is 1. The number of benzene rings is 1. The Morgan fingerprint density at radius 2 is 2.00 bits per heavy atom. The molecule has 0 saturated carbocycles. The van der Waals surface area contributed by atoms with Gasteiger partial charge >= 0.3 is 5.97 Å². The predicted octanol–water partition coefficient (Wildman–Crippen LogP) is 1.94. The first kappa shape index (κ1) is 17.4. The van der Waals surface area contributed by atoms with Gasteiger partial charge in [-0.05, 0) is 29.8 Å². The molecule has 0 atom stereocenters. The molecule has 1 aromatic carbocycles. The Morgan fingerprint density at radius 1 is 1.21 bits per heavy atom. The largest absolute Gasteiger partial charge is 0.496 e. The number of nitrogens with one attached hydrogen (secondary N) is 2. The van der Waals surface area contributed by atoms with Crippen LogP contribution in [0.2, 0.25) is 0 Å². The molecule has 0 spiro atoms. The Bertz CT molecular complexity index is 696. The van der Waals surface area contributed by atoms with Crippen LogP contribution in [0.1, 0.15) is 21.7 Å². The maximum atomic E-state index is 11.8. The Labute approximate surface area is 140 Å². The summed E-state index contributed by atoms with van der Waals surface area (Å²) in [5.41, 5.74) is 1.29. The van der Waals surface area contributed by atoms with Crippen molar-refractivity contribution in [3.63, 3.8) is 0 Å². The number of esters is 1. The molecule has 0 fully saturated rings. The SMILES string of the molecule is CN=C(NCc1ccc(OC)c(C(=O)OC)c1)NCc1ccco1. The highest BCUT2D eigenvalue weighted by molar-refractivity contribution is 5.92. The Hall–Kier alpha value is -2.96. The topological polar surface area (TPSA) is 85.1 Å². The van der Waals surface area contributed by atoms with Crippen LogP contribution in [0.25, 0.3) is 0 Å². The van der Waals surface area contributed by atoms with E-state index in [2.05, 4.69) is 15.6 Å². The number of methoxy groups -OCH3 is 2. The van der Waals surface area contributed by atoms with Gasteiger partial charge in [0.1, 0.15) is 17.1 Å². The standard InChI is InChI=1S/C17H21N3O4/c1-18-17(20-11-13-5-4-8-24-13)19-10-12-6-7-15(22-2)14(9-12)16(21)23-3/h4-9H,10-11H2,1-3H3,(H2,18,19,20). The lowest BCUT2D eigenvalue weighted by molar-refractivity contribution is 0.0597. The number of hydrogen-bond acceptors (Lipinski definition) is 5. The van der Waals surface area contributed by atoms with E-state index in [1.807, 2.05) is 18.2 Å². The van der Waals surface area contributed by atoms with Crippen LogP contribution in [-0.2, 0) is 17.8 Å². The van der Waals surface area contributed by atoms with Gasteiger partial charge in [-0.1, -0.05) is 6.07 Å². The Kier molecular flexibility index (Phi) is 6.24. The van der Waals surface area contributed by atoms with Crippen molar-refractivity contribution in [2.24, 2.45) is 4.99 Å². The van der Waals surface area contributed by atoms with Gasteiger partial charge in [0.05, 0.1) is 27.0 Å². The molecule has 0 aliphatic heterocycles. The Morgan fingerprint density at radius 3 is 2.62 bits per heavy atom. The molecular formula is C17H21N3O4. The zero-order valence-electron chi connectivity index (χ0n) is 14.0. The monoisotopic (exact) mass is 331 g/mol. The molecule has 7 heteroatoms. The molecule has 1 aromatic heterocycles. The van der Waals surface area contributed by atoms with Crippen molar-refractivity contribution in [1.82, 2.24) is 10.6 Å². The third kappa shape index (κ3) is 4.52. The van der Waals surface area contributed by atoms with Crippen LogP contribution in [0.4, 0.5) is 0 Å². The number of guanidine groups is 1. The molecule has 0 radical (unpaired) electrons. The van der Waals surface area contributed by atoms with Crippen molar-refractivity contribution >= 4 is 11.9 Å². The van der Waals surface area contributed by atoms with E-state index in [-0.39, 0.29) is 0 Å². The fourth-order valence-corrected chi connectivity index (χ4v) is 2.12. The maximum Gasteiger partial charge on any atom is 0.341 e. The molecule has 128 valence electrons. The summed E-state index contributed by atoms with van der Waals surface area (Å²) in [6.07, 6.45) is 1.62. The highest BCUT2D eigenvalue weighted by Gasteiger charge is 2.13. The van der Waals surface area contributed by atoms with Crippen molar-refractivity contribution in [3.05, 3.63) is 53.5 Å². The zero-order valence-corrected chi connectivity index (χ0v) is 14.0. The van der Waals surface area contributed by atoms with Crippen molar-refractivity contribution in [1.29, 1.82) is 0 Å². The predicted molar refractivity (Wildman–Crippen MR) is 90.1 cm³/mol. The molecular weight excluding hydrogens is 310 g/mol. The molecule has 0 bridgehead atoms. The lowest BCUT2D eigenvalue weighted by Crippen LogP contribution is -2.36. The molecule has 0 unspecified atom stereocenters. The average molecular weight is 331 g/mol. The van der Waals surface area contributed by atoms with Gasteiger partial charge in [0, 0.05) is 13.6 Å². The molecule has 24 heavy (non-hydrogen) atoms. The van der Waals surface area contributed by atoms with Crippen molar-refractivity contribution in [2.75, 3.05) is 21.3 Å². The lowest BCUT2D eigenvalue weighted by atomic mass is 10.1. The van der Waals surface area contributed by atoms with Crippen LogP contribution >= 0.6 is 0 Å². The number of aliphatic imine (C=N–C) groups is 1. The van der Waals surface area contributed by atoms with E-state index in [1.54, 1.807) is 25.4 Å². The molecule has 2 rings (SSSR count). The van der Waals surface area contributed by atoms with Crippen molar-refractivity contribution in [3.8, 4) is 5.75 Å².